The van der Waals surface area contributed by atoms with Gasteiger partial charge in [0.1, 0.15) is 23.2 Å². The number of rotatable bonds is 5. The van der Waals surface area contributed by atoms with Crippen molar-refractivity contribution in [3.63, 3.8) is 0 Å². The summed E-state index contributed by atoms with van der Waals surface area (Å²) in [5.74, 6) is 3.27. The zero-order valence-electron chi connectivity index (χ0n) is 22.5. The lowest BCUT2D eigenvalue weighted by Gasteiger charge is -2.17. The molecule has 0 unspecified atom stereocenters. The van der Waals surface area contributed by atoms with Crippen LogP contribution in [-0.4, -0.2) is 56.1 Å². The number of H-pyrrole nitrogens is 3. The molecule has 4 aromatic carbocycles. The van der Waals surface area contributed by atoms with Gasteiger partial charge in [0.15, 0.2) is 0 Å². The van der Waals surface area contributed by atoms with Gasteiger partial charge in [0.05, 0.1) is 40.2 Å². The van der Waals surface area contributed by atoms with Gasteiger partial charge in [-0.1, -0.05) is 0 Å². The molecule has 1 saturated heterocycles. The first-order valence-corrected chi connectivity index (χ1v) is 13.7. The second-order valence-corrected chi connectivity index (χ2v) is 10.6. The normalized spacial score (nSPS) is 15.5. The van der Waals surface area contributed by atoms with Crippen LogP contribution in [0.15, 0.2) is 78.9 Å². The molecule has 8 rings (SSSR count). The summed E-state index contributed by atoms with van der Waals surface area (Å²) in [6.07, 6.45) is 1.03. The fourth-order valence-electron chi connectivity index (χ4n) is 5.69. The van der Waals surface area contributed by atoms with Crippen LogP contribution in [0.2, 0.25) is 0 Å². The monoisotopic (exact) mass is 540 g/mol. The molecule has 0 aliphatic carbocycles. The molecule has 3 aromatic heterocycles. The number of anilines is 1. The van der Waals surface area contributed by atoms with Crippen molar-refractivity contribution in [2.45, 2.75) is 12.5 Å². The fraction of sp³-hybridized carbons (Fsp3) is 0.156. The van der Waals surface area contributed by atoms with Gasteiger partial charge in [0, 0.05) is 41.5 Å². The lowest BCUT2D eigenvalue weighted by Crippen LogP contribution is -2.26. The van der Waals surface area contributed by atoms with Crippen molar-refractivity contribution in [3.8, 4) is 39.9 Å². The molecule has 5 N–H and O–H groups in total. The number of hydrogen-bond donors (Lipinski definition) is 4. The maximum absolute atomic E-state index is 6.12. The van der Waals surface area contributed by atoms with Gasteiger partial charge in [-0.3, -0.25) is 0 Å². The highest BCUT2D eigenvalue weighted by molar-refractivity contribution is 5.89. The molecule has 1 atom stereocenters. The third-order valence-corrected chi connectivity index (χ3v) is 7.93. The molecule has 0 spiro atoms. The van der Waals surface area contributed by atoms with E-state index >= 15 is 0 Å². The van der Waals surface area contributed by atoms with Crippen LogP contribution in [0.25, 0.3) is 67.3 Å². The summed E-state index contributed by atoms with van der Waals surface area (Å²) in [6, 6.07) is 26.8. The van der Waals surface area contributed by atoms with Crippen LogP contribution in [0.4, 0.5) is 5.69 Å². The molecule has 0 radical (unpaired) electrons. The van der Waals surface area contributed by atoms with Crippen molar-refractivity contribution < 1.29 is 4.74 Å². The predicted octanol–water partition coefficient (Wildman–Crippen LogP) is 5.86. The molecule has 1 aliphatic rings. The van der Waals surface area contributed by atoms with E-state index in [0.29, 0.717) is 0 Å². The van der Waals surface area contributed by atoms with Crippen molar-refractivity contribution in [1.82, 2.24) is 29.9 Å². The van der Waals surface area contributed by atoms with Crippen molar-refractivity contribution in [1.29, 1.82) is 0 Å². The van der Waals surface area contributed by atoms with E-state index in [-0.39, 0.29) is 6.04 Å². The van der Waals surface area contributed by atoms with E-state index < -0.39 is 0 Å². The molecule has 0 saturated carbocycles. The first-order chi connectivity index (χ1) is 20.1. The minimum absolute atomic E-state index is 0.243. The quantitative estimate of drug-likeness (QED) is 0.217. The molecule has 1 aliphatic heterocycles. The lowest BCUT2D eigenvalue weighted by molar-refractivity contribution is 0.415. The molecule has 0 bridgehead atoms. The number of hydrogen-bond acceptors (Lipinski definition) is 6. The topological polar surface area (TPSA) is 125 Å². The zero-order valence-corrected chi connectivity index (χ0v) is 22.5. The Labute approximate surface area is 235 Å². The van der Waals surface area contributed by atoms with Crippen LogP contribution in [0.3, 0.4) is 0 Å². The number of nitrogens with zero attached hydrogens (tertiary/aromatic N) is 4. The summed E-state index contributed by atoms with van der Waals surface area (Å²) >= 11 is 0. The molecule has 202 valence electrons. The first kappa shape index (κ1) is 23.7. The Morgan fingerprint density at radius 1 is 0.683 bits per heavy atom. The van der Waals surface area contributed by atoms with E-state index in [0.717, 1.165) is 92.5 Å². The Balaban J connectivity index is 1.09. The van der Waals surface area contributed by atoms with Crippen molar-refractivity contribution >= 4 is 38.8 Å². The Morgan fingerprint density at radius 2 is 1.20 bits per heavy atom. The largest absolute Gasteiger partial charge is 0.497 e. The number of imidazole rings is 3. The SMILES string of the molecule is COc1ccc(-c2nc3ccc(-c4nc5ccc(-c6nc7ccc(N8CC[C@H](N)C8)cc7[nH]6)cc5[nH]4)cc3[nH]2)cc1. The lowest BCUT2D eigenvalue weighted by atomic mass is 10.2. The van der Waals surface area contributed by atoms with Gasteiger partial charge in [-0.25, -0.2) is 15.0 Å². The smallest absolute Gasteiger partial charge is 0.138 e. The number of benzene rings is 4. The predicted molar refractivity (Wildman–Crippen MR) is 163 cm³/mol. The van der Waals surface area contributed by atoms with Crippen LogP contribution in [0, 0.1) is 0 Å². The molecular formula is C32H28N8O. The first-order valence-electron chi connectivity index (χ1n) is 13.7. The number of fused-ring (bicyclic) bond motifs is 3. The van der Waals surface area contributed by atoms with E-state index in [9.17, 15) is 0 Å². The minimum atomic E-state index is 0.243. The van der Waals surface area contributed by atoms with Gasteiger partial charge in [-0.15, -0.1) is 0 Å². The summed E-state index contributed by atoms with van der Waals surface area (Å²) in [4.78, 5) is 27.3. The number of nitrogens with two attached hydrogens (primary N) is 1. The van der Waals surface area contributed by atoms with E-state index in [2.05, 4.69) is 56.3 Å². The minimum Gasteiger partial charge on any atom is -0.497 e. The third kappa shape index (κ3) is 4.18. The number of aromatic amines is 3. The highest BCUT2D eigenvalue weighted by Crippen LogP contribution is 2.30. The highest BCUT2D eigenvalue weighted by Gasteiger charge is 2.20. The molecule has 9 nitrogen and oxygen atoms in total. The molecule has 41 heavy (non-hydrogen) atoms. The Hall–Kier alpha value is -5.15. The van der Waals surface area contributed by atoms with Crippen molar-refractivity contribution in [3.05, 3.63) is 78.9 Å². The maximum Gasteiger partial charge on any atom is 0.138 e. The van der Waals surface area contributed by atoms with E-state index in [1.165, 1.54) is 5.69 Å². The average molecular weight is 541 g/mol. The van der Waals surface area contributed by atoms with Gasteiger partial charge in [-0.05, 0) is 85.3 Å². The number of ether oxygens (including phenoxy) is 1. The van der Waals surface area contributed by atoms with Crippen LogP contribution in [0.1, 0.15) is 6.42 Å². The van der Waals surface area contributed by atoms with E-state index in [4.69, 9.17) is 25.4 Å². The Kier molecular flexibility index (Phi) is 5.33. The third-order valence-electron chi connectivity index (χ3n) is 7.93. The van der Waals surface area contributed by atoms with Crippen LogP contribution in [-0.2, 0) is 0 Å². The van der Waals surface area contributed by atoms with E-state index in [1.807, 2.05) is 42.5 Å². The summed E-state index contributed by atoms with van der Waals surface area (Å²) in [6.45, 7) is 1.88. The van der Waals surface area contributed by atoms with Crippen LogP contribution < -0.4 is 15.4 Å². The van der Waals surface area contributed by atoms with Gasteiger partial charge >= 0.3 is 0 Å². The Bertz CT molecular complexity index is 2050. The van der Waals surface area contributed by atoms with Crippen LogP contribution >= 0.6 is 0 Å². The molecule has 7 aromatic rings. The highest BCUT2D eigenvalue weighted by atomic mass is 16.5. The van der Waals surface area contributed by atoms with E-state index in [1.54, 1.807) is 7.11 Å². The van der Waals surface area contributed by atoms with Crippen molar-refractivity contribution in [2.24, 2.45) is 5.73 Å². The summed E-state index contributed by atoms with van der Waals surface area (Å²) in [5, 5.41) is 0. The van der Waals surface area contributed by atoms with Crippen LogP contribution in [0.5, 0.6) is 5.75 Å². The summed E-state index contributed by atoms with van der Waals surface area (Å²) < 4.78 is 5.27. The van der Waals surface area contributed by atoms with Crippen molar-refractivity contribution in [2.75, 3.05) is 25.1 Å². The summed E-state index contributed by atoms with van der Waals surface area (Å²) in [7, 11) is 1.66. The number of methoxy groups -OCH3 is 1. The zero-order chi connectivity index (χ0) is 27.5. The number of aromatic nitrogens is 6. The molecular weight excluding hydrogens is 512 g/mol. The number of nitrogens with one attached hydrogen (secondary N) is 3. The summed E-state index contributed by atoms with van der Waals surface area (Å²) in [5.41, 5.74) is 16.0. The van der Waals surface area contributed by atoms with Gasteiger partial charge < -0.3 is 30.3 Å². The molecule has 0 amide bonds. The molecule has 1 fully saturated rings. The standard InChI is InChI=1S/C32H28N8O/c1-41-23-7-2-18(3-8-23)30-34-24-9-4-19(14-27(24)37-30)31-35-25-10-5-20(15-28(25)38-31)32-36-26-11-6-22(16-29(26)39-32)40-13-12-21(33)17-40/h2-11,14-16,21H,12-13,17,33H2,1H3,(H,34,37)(H,35,38)(H,36,39)/t21-/m0/s1. The molecule has 4 heterocycles. The maximum atomic E-state index is 6.12. The second-order valence-electron chi connectivity index (χ2n) is 10.6. The average Bonchev–Trinajstić information content (AvgIpc) is 3.80. The molecule has 9 heteroatoms. The van der Waals surface area contributed by atoms with Gasteiger partial charge in [-0.2, -0.15) is 0 Å². The fourth-order valence-corrected chi connectivity index (χ4v) is 5.69. The van der Waals surface area contributed by atoms with Gasteiger partial charge in [0.2, 0.25) is 0 Å². The second kappa shape index (κ2) is 9.21. The Morgan fingerprint density at radius 3 is 1.73 bits per heavy atom. The van der Waals surface area contributed by atoms with Gasteiger partial charge in [0.25, 0.3) is 0 Å².